The van der Waals surface area contributed by atoms with Crippen molar-refractivity contribution in [1.29, 1.82) is 0 Å². The van der Waals surface area contributed by atoms with Gasteiger partial charge in [-0.05, 0) is 38.2 Å². The summed E-state index contributed by atoms with van der Waals surface area (Å²) >= 11 is 0. The zero-order valence-electron chi connectivity index (χ0n) is 14.2. The van der Waals surface area contributed by atoms with Crippen LogP contribution in [-0.2, 0) is 6.54 Å². The number of piperidine rings is 1. The molecule has 0 spiro atoms. The van der Waals surface area contributed by atoms with Crippen molar-refractivity contribution in [3.8, 4) is 0 Å². The van der Waals surface area contributed by atoms with Crippen molar-refractivity contribution in [2.75, 3.05) is 19.6 Å². The number of amides is 1. The molecule has 124 valence electrons. The van der Waals surface area contributed by atoms with E-state index in [0.717, 1.165) is 13.1 Å². The zero-order chi connectivity index (χ0) is 16.3. The predicted molar refractivity (Wildman–Crippen MR) is 87.5 cm³/mol. The molecule has 0 saturated carbocycles. The Morgan fingerprint density at radius 1 is 1.41 bits per heavy atom. The molecule has 1 aromatic rings. The molecule has 5 heteroatoms. The Hall–Kier alpha value is -1.33. The van der Waals surface area contributed by atoms with Crippen LogP contribution in [0.5, 0.6) is 0 Å². The van der Waals surface area contributed by atoms with Gasteiger partial charge in [0.25, 0.3) is 5.91 Å². The lowest BCUT2D eigenvalue weighted by Crippen LogP contribution is -2.56. The van der Waals surface area contributed by atoms with Crippen LogP contribution in [0.25, 0.3) is 0 Å². The van der Waals surface area contributed by atoms with Gasteiger partial charge in [0.1, 0.15) is 12.0 Å². The van der Waals surface area contributed by atoms with E-state index in [9.17, 15) is 4.79 Å². The quantitative estimate of drug-likeness (QED) is 0.875. The molecule has 5 nitrogen and oxygen atoms in total. The van der Waals surface area contributed by atoms with E-state index in [2.05, 4.69) is 37.9 Å². The smallest absolute Gasteiger partial charge is 0.254 e. The zero-order valence-corrected chi connectivity index (χ0v) is 14.2. The Morgan fingerprint density at radius 2 is 2.05 bits per heavy atom. The van der Waals surface area contributed by atoms with Crippen LogP contribution in [0.4, 0.5) is 0 Å². The molecule has 0 aromatic carbocycles. The maximum atomic E-state index is 12.2. The largest absolute Gasteiger partial charge is 0.467 e. The van der Waals surface area contributed by atoms with Crippen LogP contribution >= 0.6 is 0 Å². The average Bonchev–Trinajstić information content (AvgIpc) is 2.93. The molecule has 2 unspecified atom stereocenters. The third-order valence-electron chi connectivity index (χ3n) is 4.52. The van der Waals surface area contributed by atoms with E-state index < -0.39 is 0 Å². The Kier molecular flexibility index (Phi) is 5.29. The Bertz CT molecular complexity index is 500. The van der Waals surface area contributed by atoms with Crippen LogP contribution in [-0.4, -0.2) is 36.0 Å². The average molecular weight is 307 g/mol. The van der Waals surface area contributed by atoms with Crippen molar-refractivity contribution in [1.82, 2.24) is 10.2 Å². The standard InChI is InChI=1S/C17H29N3O2/c1-12-5-13(2)9-20(8-12)17(3,4)11-19-16(21)14-6-15(7-18)22-10-14/h6,10,12-13H,5,7-9,11,18H2,1-4H3,(H,19,21). The highest BCUT2D eigenvalue weighted by molar-refractivity contribution is 5.94. The van der Waals surface area contributed by atoms with Crippen molar-refractivity contribution >= 4 is 5.91 Å². The molecule has 1 fully saturated rings. The van der Waals surface area contributed by atoms with Gasteiger partial charge in [-0.3, -0.25) is 9.69 Å². The summed E-state index contributed by atoms with van der Waals surface area (Å²) in [5.74, 6) is 1.94. The van der Waals surface area contributed by atoms with Crippen molar-refractivity contribution in [3.05, 3.63) is 23.7 Å². The summed E-state index contributed by atoms with van der Waals surface area (Å²) in [4.78, 5) is 14.7. The lowest BCUT2D eigenvalue weighted by Gasteiger charge is -2.45. The lowest BCUT2D eigenvalue weighted by molar-refractivity contribution is 0.0445. The SMILES string of the molecule is CC1CC(C)CN(C(C)(C)CNC(=O)c2coc(CN)c2)C1. The third-order valence-corrected chi connectivity index (χ3v) is 4.52. The van der Waals surface area contributed by atoms with Gasteiger partial charge in [0.05, 0.1) is 12.1 Å². The van der Waals surface area contributed by atoms with Crippen molar-refractivity contribution < 1.29 is 9.21 Å². The van der Waals surface area contributed by atoms with E-state index in [4.69, 9.17) is 10.2 Å². The van der Waals surface area contributed by atoms with Crippen LogP contribution in [0.3, 0.4) is 0 Å². The summed E-state index contributed by atoms with van der Waals surface area (Å²) in [5, 5.41) is 3.02. The van der Waals surface area contributed by atoms with Crippen LogP contribution in [0, 0.1) is 11.8 Å². The van der Waals surface area contributed by atoms with Gasteiger partial charge in [-0.15, -0.1) is 0 Å². The van der Waals surface area contributed by atoms with Gasteiger partial charge in [-0.2, -0.15) is 0 Å². The van der Waals surface area contributed by atoms with Crippen molar-refractivity contribution in [2.24, 2.45) is 17.6 Å². The van der Waals surface area contributed by atoms with E-state index in [-0.39, 0.29) is 11.4 Å². The number of carbonyl (C=O) groups excluding carboxylic acids is 1. The minimum absolute atomic E-state index is 0.0565. The van der Waals surface area contributed by atoms with Crippen LogP contribution in [0.1, 0.15) is 50.2 Å². The van der Waals surface area contributed by atoms with Crippen LogP contribution in [0.15, 0.2) is 16.7 Å². The van der Waals surface area contributed by atoms with Gasteiger partial charge < -0.3 is 15.5 Å². The summed E-state index contributed by atoms with van der Waals surface area (Å²) in [5.41, 5.74) is 5.98. The normalized spacial score (nSPS) is 23.5. The summed E-state index contributed by atoms with van der Waals surface area (Å²) in [6, 6.07) is 1.70. The third kappa shape index (κ3) is 4.11. The van der Waals surface area contributed by atoms with Gasteiger partial charge >= 0.3 is 0 Å². The van der Waals surface area contributed by atoms with Crippen LogP contribution < -0.4 is 11.1 Å². The molecule has 2 heterocycles. The molecule has 0 radical (unpaired) electrons. The predicted octanol–water partition coefficient (Wildman–Crippen LogP) is 2.22. The molecule has 1 aromatic heterocycles. The van der Waals surface area contributed by atoms with Crippen molar-refractivity contribution in [2.45, 2.75) is 46.2 Å². The first-order valence-corrected chi connectivity index (χ1v) is 8.12. The van der Waals surface area contributed by atoms with E-state index in [1.54, 1.807) is 6.07 Å². The Balaban J connectivity index is 1.92. The molecule has 1 amide bonds. The van der Waals surface area contributed by atoms with Gasteiger partial charge in [0.2, 0.25) is 0 Å². The summed E-state index contributed by atoms with van der Waals surface area (Å²) in [6.07, 6.45) is 2.76. The molecule has 1 saturated heterocycles. The molecule has 22 heavy (non-hydrogen) atoms. The van der Waals surface area contributed by atoms with E-state index in [1.807, 2.05) is 0 Å². The number of furan rings is 1. The number of nitrogens with one attached hydrogen (secondary N) is 1. The number of likely N-dealkylation sites (tertiary alicyclic amines) is 1. The highest BCUT2D eigenvalue weighted by Crippen LogP contribution is 2.26. The molecule has 2 rings (SSSR count). The molecular weight excluding hydrogens is 278 g/mol. The highest BCUT2D eigenvalue weighted by atomic mass is 16.3. The first-order valence-electron chi connectivity index (χ1n) is 8.12. The maximum Gasteiger partial charge on any atom is 0.254 e. The fourth-order valence-corrected chi connectivity index (χ4v) is 3.27. The maximum absolute atomic E-state index is 12.2. The summed E-state index contributed by atoms with van der Waals surface area (Å²) < 4.78 is 5.22. The van der Waals surface area contributed by atoms with Gasteiger partial charge in [-0.25, -0.2) is 0 Å². The van der Waals surface area contributed by atoms with E-state index in [1.165, 1.54) is 12.7 Å². The van der Waals surface area contributed by atoms with Gasteiger partial charge in [0.15, 0.2) is 0 Å². The Labute approximate surface area is 133 Å². The fourth-order valence-electron chi connectivity index (χ4n) is 3.27. The number of hydrogen-bond donors (Lipinski definition) is 2. The molecule has 1 aliphatic rings. The first-order chi connectivity index (χ1) is 10.3. The monoisotopic (exact) mass is 307 g/mol. The van der Waals surface area contributed by atoms with Crippen molar-refractivity contribution in [3.63, 3.8) is 0 Å². The number of carbonyl (C=O) groups is 1. The van der Waals surface area contributed by atoms with Gasteiger partial charge in [0, 0.05) is 25.2 Å². The second-order valence-corrected chi connectivity index (χ2v) is 7.35. The molecule has 2 atom stereocenters. The molecule has 0 bridgehead atoms. The second-order valence-electron chi connectivity index (χ2n) is 7.35. The van der Waals surface area contributed by atoms with Crippen LogP contribution in [0.2, 0.25) is 0 Å². The number of nitrogens with two attached hydrogens (primary N) is 1. The highest BCUT2D eigenvalue weighted by Gasteiger charge is 2.33. The number of nitrogens with zero attached hydrogens (tertiary/aromatic N) is 1. The minimum atomic E-state index is -0.102. The van der Waals surface area contributed by atoms with E-state index in [0.29, 0.717) is 36.2 Å². The first kappa shape index (κ1) is 17.0. The summed E-state index contributed by atoms with van der Waals surface area (Å²) in [6.45, 7) is 12.1. The topological polar surface area (TPSA) is 71.5 Å². The molecule has 0 aliphatic carbocycles. The number of hydrogen-bond acceptors (Lipinski definition) is 4. The Morgan fingerprint density at radius 3 is 2.59 bits per heavy atom. The van der Waals surface area contributed by atoms with E-state index >= 15 is 0 Å². The molecule has 1 aliphatic heterocycles. The summed E-state index contributed by atoms with van der Waals surface area (Å²) in [7, 11) is 0. The molecule has 3 N–H and O–H groups in total. The molecular formula is C17H29N3O2. The second kappa shape index (κ2) is 6.84. The number of rotatable bonds is 5. The lowest BCUT2D eigenvalue weighted by atomic mass is 9.88. The van der Waals surface area contributed by atoms with Gasteiger partial charge in [-0.1, -0.05) is 13.8 Å². The fraction of sp³-hybridized carbons (Fsp3) is 0.706. The minimum Gasteiger partial charge on any atom is -0.467 e.